The van der Waals surface area contributed by atoms with Gasteiger partial charge in [0.15, 0.2) is 5.78 Å². The minimum absolute atomic E-state index is 0.0141. The van der Waals surface area contributed by atoms with Crippen LogP contribution in [0.25, 0.3) is 0 Å². The highest BCUT2D eigenvalue weighted by Gasteiger charge is 2.15. The molecule has 0 spiro atoms. The van der Waals surface area contributed by atoms with Gasteiger partial charge in [-0.05, 0) is 31.7 Å². The molecule has 1 unspecified atom stereocenters. The van der Waals surface area contributed by atoms with Crippen LogP contribution in [-0.4, -0.2) is 11.0 Å². The maximum Gasteiger partial charge on any atom is 0.176 e. The first-order chi connectivity index (χ1) is 6.65. The first kappa shape index (κ1) is 10.8. The molecule has 1 aromatic rings. The highest BCUT2D eigenvalue weighted by Crippen LogP contribution is 2.15. The molecular formula is C11H11NOS. The quantitative estimate of drug-likeness (QED) is 0.562. The third kappa shape index (κ3) is 2.61. The number of thiocyanates is 1. The van der Waals surface area contributed by atoms with Crippen molar-refractivity contribution in [1.82, 2.24) is 0 Å². The Morgan fingerprint density at radius 2 is 2.29 bits per heavy atom. The molecule has 0 aliphatic carbocycles. The van der Waals surface area contributed by atoms with Gasteiger partial charge in [0.05, 0.1) is 5.25 Å². The lowest BCUT2D eigenvalue weighted by molar-refractivity contribution is 0.0994. The first-order valence-corrected chi connectivity index (χ1v) is 5.18. The zero-order chi connectivity index (χ0) is 10.6. The Bertz CT molecular complexity index is 381. The van der Waals surface area contributed by atoms with Crippen LogP contribution in [0.2, 0.25) is 0 Å². The van der Waals surface area contributed by atoms with Crippen molar-refractivity contribution in [2.75, 3.05) is 0 Å². The third-order valence-corrected chi connectivity index (χ3v) is 2.57. The smallest absolute Gasteiger partial charge is 0.176 e. The van der Waals surface area contributed by atoms with Gasteiger partial charge in [0, 0.05) is 5.56 Å². The molecule has 0 saturated heterocycles. The highest BCUT2D eigenvalue weighted by atomic mass is 32.2. The second-order valence-corrected chi connectivity index (χ2v) is 4.21. The molecule has 0 aliphatic rings. The monoisotopic (exact) mass is 205 g/mol. The number of hydrogen-bond acceptors (Lipinski definition) is 3. The number of Topliss-reactive ketones (excluding diaryl/α,β-unsaturated/α-hetero) is 1. The minimum Gasteiger partial charge on any atom is -0.293 e. The molecule has 2 nitrogen and oxygen atoms in total. The van der Waals surface area contributed by atoms with Crippen molar-refractivity contribution in [3.05, 3.63) is 35.4 Å². The topological polar surface area (TPSA) is 40.9 Å². The van der Waals surface area contributed by atoms with Gasteiger partial charge in [0.2, 0.25) is 0 Å². The predicted molar refractivity (Wildman–Crippen MR) is 58.2 cm³/mol. The summed E-state index contributed by atoms with van der Waals surface area (Å²) in [5.41, 5.74) is 1.74. The third-order valence-electron chi connectivity index (χ3n) is 1.90. The number of aryl methyl sites for hydroxylation is 1. The molecule has 1 rings (SSSR count). The van der Waals surface area contributed by atoms with E-state index in [0.717, 1.165) is 17.3 Å². The summed E-state index contributed by atoms with van der Waals surface area (Å²) in [5.74, 6) is 0.0141. The average molecular weight is 205 g/mol. The van der Waals surface area contributed by atoms with Gasteiger partial charge >= 0.3 is 0 Å². The standard InChI is InChI=1S/C11H11NOS/c1-8-4-3-5-10(6-8)11(13)9(2)14-7-12/h3-6,9H,1-2H3. The largest absolute Gasteiger partial charge is 0.293 e. The SMILES string of the molecule is Cc1cccc(C(=O)C(C)SC#N)c1. The van der Waals surface area contributed by atoms with Gasteiger partial charge in [-0.1, -0.05) is 23.8 Å². The summed E-state index contributed by atoms with van der Waals surface area (Å²) < 4.78 is 0. The summed E-state index contributed by atoms with van der Waals surface area (Å²) in [5, 5.41) is 10.1. The van der Waals surface area contributed by atoms with Crippen molar-refractivity contribution in [2.24, 2.45) is 0 Å². The van der Waals surface area contributed by atoms with E-state index in [2.05, 4.69) is 0 Å². The van der Waals surface area contributed by atoms with Crippen molar-refractivity contribution in [3.63, 3.8) is 0 Å². The molecule has 0 radical (unpaired) electrons. The molecule has 14 heavy (non-hydrogen) atoms. The highest BCUT2D eigenvalue weighted by molar-refractivity contribution is 8.04. The maximum absolute atomic E-state index is 11.7. The molecule has 1 aromatic carbocycles. The van der Waals surface area contributed by atoms with Gasteiger partial charge in [-0.25, -0.2) is 0 Å². The van der Waals surface area contributed by atoms with Crippen LogP contribution in [0.15, 0.2) is 24.3 Å². The normalized spacial score (nSPS) is 11.8. The zero-order valence-corrected chi connectivity index (χ0v) is 8.97. The van der Waals surface area contributed by atoms with Gasteiger partial charge in [-0.3, -0.25) is 4.79 Å². The van der Waals surface area contributed by atoms with E-state index in [1.807, 2.05) is 30.5 Å². The Morgan fingerprint density at radius 3 is 2.86 bits per heavy atom. The summed E-state index contributed by atoms with van der Waals surface area (Å²) in [7, 11) is 0. The van der Waals surface area contributed by atoms with E-state index in [1.165, 1.54) is 0 Å². The molecule has 0 N–H and O–H groups in total. The number of nitrogens with zero attached hydrogens (tertiary/aromatic N) is 1. The molecule has 0 heterocycles. The first-order valence-electron chi connectivity index (χ1n) is 4.30. The van der Waals surface area contributed by atoms with Crippen molar-refractivity contribution in [3.8, 4) is 5.40 Å². The Kier molecular flexibility index (Phi) is 3.73. The number of rotatable bonds is 3. The lowest BCUT2D eigenvalue weighted by Crippen LogP contribution is -2.12. The lowest BCUT2D eigenvalue weighted by Gasteiger charge is -2.05. The van der Waals surface area contributed by atoms with Crippen LogP contribution >= 0.6 is 11.8 Å². The van der Waals surface area contributed by atoms with Gasteiger partial charge < -0.3 is 0 Å². The number of carbonyl (C=O) groups is 1. The van der Waals surface area contributed by atoms with Crippen molar-refractivity contribution >= 4 is 17.5 Å². The van der Waals surface area contributed by atoms with E-state index in [1.54, 1.807) is 13.0 Å². The van der Waals surface area contributed by atoms with Crippen LogP contribution in [-0.2, 0) is 0 Å². The van der Waals surface area contributed by atoms with Crippen LogP contribution in [0, 0.1) is 17.6 Å². The van der Waals surface area contributed by atoms with Gasteiger partial charge in [0.25, 0.3) is 0 Å². The van der Waals surface area contributed by atoms with Crippen LogP contribution in [0.5, 0.6) is 0 Å². The molecule has 3 heteroatoms. The van der Waals surface area contributed by atoms with E-state index in [-0.39, 0.29) is 11.0 Å². The van der Waals surface area contributed by atoms with E-state index < -0.39 is 0 Å². The lowest BCUT2D eigenvalue weighted by atomic mass is 10.1. The molecule has 0 amide bonds. The van der Waals surface area contributed by atoms with Crippen LogP contribution in [0.4, 0.5) is 0 Å². The Hall–Kier alpha value is -1.27. The maximum atomic E-state index is 11.7. The number of benzene rings is 1. The predicted octanol–water partition coefficient (Wildman–Crippen LogP) is 2.78. The van der Waals surface area contributed by atoms with Crippen molar-refractivity contribution < 1.29 is 4.79 Å². The summed E-state index contributed by atoms with van der Waals surface area (Å²) in [6, 6.07) is 7.42. The fourth-order valence-corrected chi connectivity index (χ4v) is 1.57. The minimum atomic E-state index is -0.290. The Labute approximate surface area is 87.9 Å². The van der Waals surface area contributed by atoms with Crippen molar-refractivity contribution in [2.45, 2.75) is 19.1 Å². The van der Waals surface area contributed by atoms with Crippen molar-refractivity contribution in [1.29, 1.82) is 5.26 Å². The summed E-state index contributed by atoms with van der Waals surface area (Å²) in [6.07, 6.45) is 0. The zero-order valence-electron chi connectivity index (χ0n) is 8.15. The Balaban J connectivity index is 2.85. The number of nitriles is 1. The molecule has 0 aliphatic heterocycles. The fraction of sp³-hybridized carbons (Fsp3) is 0.273. The van der Waals surface area contributed by atoms with E-state index >= 15 is 0 Å². The fourth-order valence-electron chi connectivity index (χ4n) is 1.17. The van der Waals surface area contributed by atoms with E-state index in [0.29, 0.717) is 5.56 Å². The molecule has 1 atom stereocenters. The molecular weight excluding hydrogens is 194 g/mol. The summed E-state index contributed by atoms with van der Waals surface area (Å²) in [4.78, 5) is 11.7. The summed E-state index contributed by atoms with van der Waals surface area (Å²) >= 11 is 0.996. The Morgan fingerprint density at radius 1 is 1.57 bits per heavy atom. The number of carbonyl (C=O) groups excluding carboxylic acids is 1. The van der Waals surface area contributed by atoms with E-state index in [9.17, 15) is 4.79 Å². The molecule has 0 aromatic heterocycles. The molecule has 0 saturated carbocycles. The molecule has 0 fully saturated rings. The van der Waals surface area contributed by atoms with Gasteiger partial charge in [0.1, 0.15) is 5.40 Å². The number of ketones is 1. The van der Waals surface area contributed by atoms with Crippen LogP contribution in [0.3, 0.4) is 0 Å². The second kappa shape index (κ2) is 4.83. The van der Waals surface area contributed by atoms with Crippen LogP contribution in [0.1, 0.15) is 22.8 Å². The molecule has 0 bridgehead atoms. The summed E-state index contributed by atoms with van der Waals surface area (Å²) in [6.45, 7) is 3.69. The van der Waals surface area contributed by atoms with Gasteiger partial charge in [-0.15, -0.1) is 0 Å². The molecule has 72 valence electrons. The van der Waals surface area contributed by atoms with Gasteiger partial charge in [-0.2, -0.15) is 5.26 Å². The van der Waals surface area contributed by atoms with Crippen LogP contribution < -0.4 is 0 Å². The second-order valence-electron chi connectivity index (χ2n) is 3.09. The average Bonchev–Trinajstić information content (AvgIpc) is 2.17. The number of thioether (sulfide) groups is 1. The number of hydrogen-bond donors (Lipinski definition) is 0. The van der Waals surface area contributed by atoms with E-state index in [4.69, 9.17) is 5.26 Å².